The molecule has 0 saturated carbocycles. The molecule has 1 saturated heterocycles. The van der Waals surface area contributed by atoms with Crippen LogP contribution in [0.5, 0.6) is 0 Å². The van der Waals surface area contributed by atoms with E-state index in [1.54, 1.807) is 12.1 Å². The SMILES string of the molecule is CCCCCNC(=O)C1CCN(C(=O)c2cc(N)ccc2C)CC1.Cl. The third kappa shape index (κ3) is 5.92. The number of amides is 2. The minimum absolute atomic E-state index is 0. The zero-order valence-corrected chi connectivity index (χ0v) is 16.0. The van der Waals surface area contributed by atoms with Crippen molar-refractivity contribution < 1.29 is 9.59 Å². The fraction of sp³-hybridized carbons (Fsp3) is 0.579. The van der Waals surface area contributed by atoms with Gasteiger partial charge in [0.25, 0.3) is 5.91 Å². The molecule has 0 bridgehead atoms. The van der Waals surface area contributed by atoms with Gasteiger partial charge in [-0.15, -0.1) is 12.4 Å². The monoisotopic (exact) mass is 367 g/mol. The molecule has 2 amide bonds. The second-order valence-electron chi connectivity index (χ2n) is 6.64. The Labute approximate surface area is 156 Å². The molecule has 2 rings (SSSR count). The first kappa shape index (κ1) is 21.3. The van der Waals surface area contributed by atoms with Crippen molar-refractivity contribution in [2.45, 2.75) is 46.0 Å². The second kappa shape index (κ2) is 10.3. The van der Waals surface area contributed by atoms with Crippen LogP contribution in [0, 0.1) is 12.8 Å². The minimum Gasteiger partial charge on any atom is -0.399 e. The van der Waals surface area contributed by atoms with Crippen LogP contribution < -0.4 is 11.1 Å². The number of anilines is 1. The van der Waals surface area contributed by atoms with Crippen molar-refractivity contribution >= 4 is 29.9 Å². The van der Waals surface area contributed by atoms with Crippen LogP contribution in [0.25, 0.3) is 0 Å². The molecular formula is C19H30ClN3O2. The van der Waals surface area contributed by atoms with Gasteiger partial charge in [-0.3, -0.25) is 9.59 Å². The number of rotatable bonds is 6. The number of hydrogen-bond acceptors (Lipinski definition) is 3. The predicted molar refractivity (Wildman–Crippen MR) is 104 cm³/mol. The Balaban J connectivity index is 0.00000312. The maximum Gasteiger partial charge on any atom is 0.254 e. The van der Waals surface area contributed by atoms with E-state index in [0.717, 1.165) is 44.2 Å². The molecule has 25 heavy (non-hydrogen) atoms. The number of nitrogen functional groups attached to an aromatic ring is 1. The van der Waals surface area contributed by atoms with Crippen LogP contribution in [0.2, 0.25) is 0 Å². The first-order valence-corrected chi connectivity index (χ1v) is 8.96. The number of carbonyl (C=O) groups is 2. The van der Waals surface area contributed by atoms with Crippen molar-refractivity contribution in [2.75, 3.05) is 25.4 Å². The smallest absolute Gasteiger partial charge is 0.254 e. The molecule has 1 aromatic rings. The highest BCUT2D eigenvalue weighted by Gasteiger charge is 2.28. The van der Waals surface area contributed by atoms with Gasteiger partial charge in [-0.1, -0.05) is 25.8 Å². The largest absolute Gasteiger partial charge is 0.399 e. The van der Waals surface area contributed by atoms with Crippen molar-refractivity contribution in [3.8, 4) is 0 Å². The van der Waals surface area contributed by atoms with E-state index in [0.29, 0.717) is 24.3 Å². The van der Waals surface area contributed by atoms with Gasteiger partial charge in [0.05, 0.1) is 0 Å². The van der Waals surface area contributed by atoms with Gasteiger partial charge >= 0.3 is 0 Å². The minimum atomic E-state index is 0. The molecule has 3 N–H and O–H groups in total. The third-order valence-electron chi connectivity index (χ3n) is 4.72. The Bertz CT molecular complexity index is 584. The standard InChI is InChI=1S/C19H29N3O2.ClH/c1-3-4-5-10-21-18(23)15-8-11-22(12-9-15)19(24)17-13-16(20)7-6-14(17)2;/h6-7,13,15H,3-5,8-12,20H2,1-2H3,(H,21,23);1H. The molecule has 0 spiro atoms. The van der Waals surface area contributed by atoms with Crippen molar-refractivity contribution in [1.29, 1.82) is 0 Å². The van der Waals surface area contributed by atoms with E-state index in [9.17, 15) is 9.59 Å². The summed E-state index contributed by atoms with van der Waals surface area (Å²) in [7, 11) is 0. The van der Waals surface area contributed by atoms with Gasteiger partial charge in [0.1, 0.15) is 0 Å². The molecule has 1 aliphatic rings. The number of aryl methyl sites for hydroxylation is 1. The van der Waals surface area contributed by atoms with Gasteiger partial charge in [0.15, 0.2) is 0 Å². The lowest BCUT2D eigenvalue weighted by Crippen LogP contribution is -2.43. The Kier molecular flexibility index (Phi) is 8.76. The van der Waals surface area contributed by atoms with E-state index in [-0.39, 0.29) is 30.1 Å². The van der Waals surface area contributed by atoms with Gasteiger partial charge in [-0.25, -0.2) is 0 Å². The van der Waals surface area contributed by atoms with Gasteiger partial charge in [-0.05, 0) is 43.9 Å². The molecule has 5 nitrogen and oxygen atoms in total. The van der Waals surface area contributed by atoms with Crippen LogP contribution in [0.3, 0.4) is 0 Å². The van der Waals surface area contributed by atoms with E-state index in [1.807, 2.05) is 17.9 Å². The Morgan fingerprint density at radius 1 is 1.24 bits per heavy atom. The quantitative estimate of drug-likeness (QED) is 0.599. The summed E-state index contributed by atoms with van der Waals surface area (Å²) in [5.74, 6) is 0.178. The van der Waals surface area contributed by atoms with Crippen LogP contribution in [0.4, 0.5) is 5.69 Å². The number of halogens is 1. The molecular weight excluding hydrogens is 338 g/mol. The van der Waals surface area contributed by atoms with Crippen molar-refractivity contribution in [2.24, 2.45) is 5.92 Å². The highest BCUT2D eigenvalue weighted by molar-refractivity contribution is 5.96. The molecule has 0 unspecified atom stereocenters. The zero-order valence-electron chi connectivity index (χ0n) is 15.2. The molecule has 0 aliphatic carbocycles. The maximum atomic E-state index is 12.7. The molecule has 1 fully saturated rings. The summed E-state index contributed by atoms with van der Waals surface area (Å²) in [6.07, 6.45) is 4.79. The number of likely N-dealkylation sites (tertiary alicyclic amines) is 1. The molecule has 0 atom stereocenters. The third-order valence-corrected chi connectivity index (χ3v) is 4.72. The first-order chi connectivity index (χ1) is 11.5. The predicted octanol–water partition coefficient (Wildman–Crippen LogP) is 3.16. The van der Waals surface area contributed by atoms with Crippen LogP contribution in [-0.2, 0) is 4.79 Å². The number of nitrogens with zero attached hydrogens (tertiary/aromatic N) is 1. The number of piperidine rings is 1. The number of hydrogen-bond donors (Lipinski definition) is 2. The van der Waals surface area contributed by atoms with Gasteiger partial charge in [0, 0.05) is 36.8 Å². The Hall–Kier alpha value is -1.75. The lowest BCUT2D eigenvalue weighted by molar-refractivity contribution is -0.126. The molecule has 6 heteroatoms. The molecule has 0 radical (unpaired) electrons. The first-order valence-electron chi connectivity index (χ1n) is 8.96. The highest BCUT2D eigenvalue weighted by atomic mass is 35.5. The molecule has 1 aromatic carbocycles. The van der Waals surface area contributed by atoms with Crippen LogP contribution in [-0.4, -0.2) is 36.3 Å². The summed E-state index contributed by atoms with van der Waals surface area (Å²) in [4.78, 5) is 26.7. The van der Waals surface area contributed by atoms with Crippen LogP contribution in [0.1, 0.15) is 54.9 Å². The number of benzene rings is 1. The summed E-state index contributed by atoms with van der Waals surface area (Å²) >= 11 is 0. The number of unbranched alkanes of at least 4 members (excludes halogenated alkanes) is 2. The number of nitrogens with two attached hydrogens (primary N) is 1. The van der Waals surface area contributed by atoms with Crippen LogP contribution >= 0.6 is 12.4 Å². The summed E-state index contributed by atoms with van der Waals surface area (Å²) in [5, 5.41) is 3.02. The Morgan fingerprint density at radius 2 is 1.92 bits per heavy atom. The van der Waals surface area contributed by atoms with Crippen molar-refractivity contribution in [3.05, 3.63) is 29.3 Å². The van der Waals surface area contributed by atoms with Crippen molar-refractivity contribution in [3.63, 3.8) is 0 Å². The second-order valence-corrected chi connectivity index (χ2v) is 6.64. The van der Waals surface area contributed by atoms with E-state index in [4.69, 9.17) is 5.73 Å². The van der Waals surface area contributed by atoms with Gasteiger partial charge in [0.2, 0.25) is 5.91 Å². The fourth-order valence-electron chi connectivity index (χ4n) is 3.12. The van der Waals surface area contributed by atoms with E-state index < -0.39 is 0 Å². The van der Waals surface area contributed by atoms with Crippen molar-refractivity contribution in [1.82, 2.24) is 10.2 Å². The van der Waals surface area contributed by atoms with E-state index >= 15 is 0 Å². The molecule has 1 aliphatic heterocycles. The molecule has 140 valence electrons. The fourth-order valence-corrected chi connectivity index (χ4v) is 3.12. The summed E-state index contributed by atoms with van der Waals surface area (Å²) in [6.45, 7) is 6.08. The summed E-state index contributed by atoms with van der Waals surface area (Å²) in [5.41, 5.74) is 8.00. The average Bonchev–Trinajstić information content (AvgIpc) is 2.60. The van der Waals surface area contributed by atoms with E-state index in [2.05, 4.69) is 12.2 Å². The van der Waals surface area contributed by atoms with Crippen LogP contribution in [0.15, 0.2) is 18.2 Å². The maximum absolute atomic E-state index is 12.7. The summed E-state index contributed by atoms with van der Waals surface area (Å²) < 4.78 is 0. The molecule has 0 aromatic heterocycles. The lowest BCUT2D eigenvalue weighted by atomic mass is 9.95. The van der Waals surface area contributed by atoms with Gasteiger partial charge in [-0.2, -0.15) is 0 Å². The Morgan fingerprint density at radius 3 is 2.56 bits per heavy atom. The van der Waals surface area contributed by atoms with Gasteiger partial charge < -0.3 is 16.0 Å². The van der Waals surface area contributed by atoms with E-state index in [1.165, 1.54) is 0 Å². The molecule has 1 heterocycles. The average molecular weight is 368 g/mol. The topological polar surface area (TPSA) is 75.4 Å². The normalized spacial score (nSPS) is 14.7. The highest BCUT2D eigenvalue weighted by Crippen LogP contribution is 2.21. The summed E-state index contributed by atoms with van der Waals surface area (Å²) in [6, 6.07) is 5.42. The number of nitrogens with one attached hydrogen (secondary N) is 1. The lowest BCUT2D eigenvalue weighted by Gasteiger charge is -2.31. The number of carbonyl (C=O) groups excluding carboxylic acids is 2. The zero-order chi connectivity index (χ0) is 17.5.